The molecule has 1 aromatic heterocycles. The molecule has 1 fully saturated rings. The molecule has 1 unspecified atom stereocenters. The minimum atomic E-state index is 0.483. The number of anilines is 1. The second-order valence-electron chi connectivity index (χ2n) is 4.62. The maximum atomic E-state index is 4.31. The fourth-order valence-electron chi connectivity index (χ4n) is 2.12. The molecule has 16 heavy (non-hydrogen) atoms. The molecule has 0 amide bonds. The summed E-state index contributed by atoms with van der Waals surface area (Å²) in [5, 5.41) is 4.63. The average Bonchev–Trinajstić information content (AvgIpc) is 2.80. The van der Waals surface area contributed by atoms with Crippen LogP contribution in [0.4, 0.5) is 5.13 Å². The van der Waals surface area contributed by atoms with Crippen LogP contribution in [-0.4, -0.2) is 34.5 Å². The summed E-state index contributed by atoms with van der Waals surface area (Å²) in [4.78, 5) is 6.66. The first-order chi connectivity index (χ1) is 7.77. The van der Waals surface area contributed by atoms with Crippen LogP contribution in [0.3, 0.4) is 0 Å². The van der Waals surface area contributed by atoms with E-state index in [1.165, 1.54) is 30.8 Å². The lowest BCUT2D eigenvalue weighted by Crippen LogP contribution is -2.46. The Bertz CT molecular complexity index is 293. The summed E-state index contributed by atoms with van der Waals surface area (Å²) in [6.45, 7) is 6.63. The van der Waals surface area contributed by atoms with Gasteiger partial charge in [0.05, 0.1) is 0 Å². The van der Waals surface area contributed by atoms with Crippen molar-refractivity contribution in [3.8, 4) is 0 Å². The van der Waals surface area contributed by atoms with Gasteiger partial charge in [0, 0.05) is 30.2 Å². The second kappa shape index (κ2) is 5.59. The molecule has 1 N–H and O–H groups in total. The van der Waals surface area contributed by atoms with Crippen molar-refractivity contribution in [1.29, 1.82) is 0 Å². The molecule has 0 spiro atoms. The summed E-state index contributed by atoms with van der Waals surface area (Å²) in [5.41, 5.74) is 0. The zero-order valence-electron chi connectivity index (χ0n) is 10.0. The molecule has 90 valence electrons. The lowest BCUT2D eigenvalue weighted by molar-refractivity contribution is 0.393. The Morgan fingerprint density at radius 3 is 3.00 bits per heavy atom. The molecule has 0 bridgehead atoms. The van der Waals surface area contributed by atoms with Crippen LogP contribution in [0.5, 0.6) is 0 Å². The van der Waals surface area contributed by atoms with Gasteiger partial charge in [0.25, 0.3) is 0 Å². The maximum Gasteiger partial charge on any atom is 0.205 e. The Hall–Kier alpha value is -0.680. The molecule has 2 rings (SSSR count). The summed E-state index contributed by atoms with van der Waals surface area (Å²) in [6, 6.07) is 1.09. The van der Waals surface area contributed by atoms with Crippen molar-refractivity contribution < 1.29 is 0 Å². The van der Waals surface area contributed by atoms with Crippen LogP contribution >= 0.6 is 11.5 Å². The normalized spacial score (nSPS) is 21.3. The second-order valence-corrected chi connectivity index (χ2v) is 5.38. The summed E-state index contributed by atoms with van der Waals surface area (Å²) in [6.07, 6.45) is 5.59. The van der Waals surface area contributed by atoms with E-state index in [0.717, 1.165) is 18.2 Å². The number of nitrogens with one attached hydrogen (secondary N) is 1. The van der Waals surface area contributed by atoms with Crippen molar-refractivity contribution in [2.75, 3.05) is 18.0 Å². The van der Waals surface area contributed by atoms with Gasteiger partial charge in [-0.2, -0.15) is 4.37 Å². The summed E-state index contributed by atoms with van der Waals surface area (Å²) >= 11 is 1.48. The van der Waals surface area contributed by atoms with E-state index in [2.05, 4.69) is 33.4 Å². The van der Waals surface area contributed by atoms with Crippen molar-refractivity contribution in [2.45, 2.75) is 45.2 Å². The molecule has 1 aromatic rings. The van der Waals surface area contributed by atoms with Crippen LogP contribution in [0, 0.1) is 0 Å². The third-order valence-electron chi connectivity index (χ3n) is 3.05. The largest absolute Gasteiger partial charge is 0.343 e. The SMILES string of the molecule is CC(C)N(CC1CCCCN1)c1ncns1. The first-order valence-electron chi connectivity index (χ1n) is 6.04. The van der Waals surface area contributed by atoms with Gasteiger partial charge in [-0.05, 0) is 33.2 Å². The fourth-order valence-corrected chi connectivity index (χ4v) is 2.79. The van der Waals surface area contributed by atoms with Gasteiger partial charge in [-0.15, -0.1) is 0 Å². The molecule has 2 heterocycles. The van der Waals surface area contributed by atoms with Gasteiger partial charge in [-0.1, -0.05) is 6.42 Å². The predicted molar refractivity (Wildman–Crippen MR) is 68.0 cm³/mol. The third kappa shape index (κ3) is 2.92. The van der Waals surface area contributed by atoms with Gasteiger partial charge in [0.1, 0.15) is 6.33 Å². The van der Waals surface area contributed by atoms with Gasteiger partial charge >= 0.3 is 0 Å². The first kappa shape index (κ1) is 11.8. The molecule has 0 aromatic carbocycles. The fraction of sp³-hybridized carbons (Fsp3) is 0.818. The molecular weight excluding hydrogens is 220 g/mol. The van der Waals surface area contributed by atoms with Crippen molar-refractivity contribution in [2.24, 2.45) is 0 Å². The molecule has 1 atom stereocenters. The molecule has 4 nitrogen and oxygen atoms in total. The quantitative estimate of drug-likeness (QED) is 0.872. The van der Waals surface area contributed by atoms with E-state index in [4.69, 9.17) is 0 Å². The van der Waals surface area contributed by atoms with E-state index in [1.54, 1.807) is 6.33 Å². The highest BCUT2D eigenvalue weighted by molar-refractivity contribution is 7.09. The number of hydrogen-bond donors (Lipinski definition) is 1. The molecule has 0 saturated carbocycles. The Kier molecular flexibility index (Phi) is 4.12. The van der Waals surface area contributed by atoms with Crippen LogP contribution in [0.2, 0.25) is 0 Å². The zero-order valence-corrected chi connectivity index (χ0v) is 10.8. The van der Waals surface area contributed by atoms with Crippen LogP contribution in [-0.2, 0) is 0 Å². The Balaban J connectivity index is 1.97. The highest BCUT2D eigenvalue weighted by Crippen LogP contribution is 2.19. The van der Waals surface area contributed by atoms with Gasteiger partial charge in [0.15, 0.2) is 0 Å². The van der Waals surface area contributed by atoms with Crippen molar-refractivity contribution in [3.05, 3.63) is 6.33 Å². The number of nitrogens with zero attached hydrogens (tertiary/aromatic N) is 3. The van der Waals surface area contributed by atoms with E-state index < -0.39 is 0 Å². The number of rotatable bonds is 4. The highest BCUT2D eigenvalue weighted by Gasteiger charge is 2.20. The Morgan fingerprint density at radius 1 is 1.56 bits per heavy atom. The maximum absolute atomic E-state index is 4.31. The van der Waals surface area contributed by atoms with Crippen LogP contribution in [0.25, 0.3) is 0 Å². The molecule has 1 aliphatic rings. The minimum Gasteiger partial charge on any atom is -0.343 e. The number of hydrogen-bond acceptors (Lipinski definition) is 5. The monoisotopic (exact) mass is 240 g/mol. The zero-order chi connectivity index (χ0) is 11.4. The summed E-state index contributed by atoms with van der Waals surface area (Å²) < 4.78 is 4.09. The van der Waals surface area contributed by atoms with E-state index in [0.29, 0.717) is 12.1 Å². The molecule has 5 heteroatoms. The van der Waals surface area contributed by atoms with Gasteiger partial charge in [-0.25, -0.2) is 4.98 Å². The average molecular weight is 240 g/mol. The standard InChI is InChI=1S/C11H20N4S/c1-9(2)15(11-13-8-14-16-11)7-10-5-3-4-6-12-10/h8-10,12H,3-7H2,1-2H3. The number of piperidine rings is 1. The van der Waals surface area contributed by atoms with E-state index in [9.17, 15) is 0 Å². The van der Waals surface area contributed by atoms with Gasteiger partial charge in [0.2, 0.25) is 5.13 Å². The summed E-state index contributed by atoms with van der Waals surface area (Å²) in [5.74, 6) is 0. The van der Waals surface area contributed by atoms with Crippen LogP contribution in [0.15, 0.2) is 6.33 Å². The highest BCUT2D eigenvalue weighted by atomic mass is 32.1. The topological polar surface area (TPSA) is 41.0 Å². The van der Waals surface area contributed by atoms with E-state index in [1.807, 2.05) is 0 Å². The first-order valence-corrected chi connectivity index (χ1v) is 6.81. The van der Waals surface area contributed by atoms with Gasteiger partial charge < -0.3 is 10.2 Å². The lowest BCUT2D eigenvalue weighted by atomic mass is 10.0. The Labute approximate surface area is 101 Å². The van der Waals surface area contributed by atoms with Gasteiger partial charge in [-0.3, -0.25) is 0 Å². The lowest BCUT2D eigenvalue weighted by Gasteiger charge is -2.32. The number of aromatic nitrogens is 2. The van der Waals surface area contributed by atoms with E-state index in [-0.39, 0.29) is 0 Å². The minimum absolute atomic E-state index is 0.483. The molecule has 0 aliphatic carbocycles. The van der Waals surface area contributed by atoms with Crippen LogP contribution in [0.1, 0.15) is 33.1 Å². The van der Waals surface area contributed by atoms with Crippen molar-refractivity contribution in [3.63, 3.8) is 0 Å². The molecule has 1 aliphatic heterocycles. The predicted octanol–water partition coefficient (Wildman–Crippen LogP) is 1.89. The smallest absolute Gasteiger partial charge is 0.205 e. The van der Waals surface area contributed by atoms with Crippen LogP contribution < -0.4 is 10.2 Å². The molecule has 1 saturated heterocycles. The van der Waals surface area contributed by atoms with E-state index >= 15 is 0 Å². The third-order valence-corrected chi connectivity index (χ3v) is 3.75. The molecule has 0 radical (unpaired) electrons. The molecular formula is C11H20N4S. The van der Waals surface area contributed by atoms with Crippen molar-refractivity contribution in [1.82, 2.24) is 14.7 Å². The van der Waals surface area contributed by atoms with Crippen molar-refractivity contribution >= 4 is 16.7 Å². The summed E-state index contributed by atoms with van der Waals surface area (Å²) in [7, 11) is 0. The Morgan fingerprint density at radius 2 is 2.44 bits per heavy atom.